The van der Waals surface area contributed by atoms with E-state index in [1.54, 1.807) is 0 Å². The Hall–Kier alpha value is -2.71. The molecule has 1 N–H and O–H groups in total. The van der Waals surface area contributed by atoms with Crippen LogP contribution < -0.4 is 0 Å². The van der Waals surface area contributed by atoms with Crippen molar-refractivity contribution in [3.05, 3.63) is 94.3 Å². The summed E-state index contributed by atoms with van der Waals surface area (Å²) < 4.78 is 0. The van der Waals surface area contributed by atoms with Gasteiger partial charge in [-0.25, -0.2) is 0 Å². The van der Waals surface area contributed by atoms with Crippen molar-refractivity contribution in [1.82, 2.24) is 4.98 Å². The van der Waals surface area contributed by atoms with Crippen LogP contribution in [0, 0.1) is 13.8 Å². The molecule has 1 heterocycles. The summed E-state index contributed by atoms with van der Waals surface area (Å²) in [7, 11) is 0. The van der Waals surface area contributed by atoms with Crippen molar-refractivity contribution in [2.45, 2.75) is 97.0 Å². The number of aromatic nitrogens is 1. The molecule has 1 fully saturated rings. The molecule has 190 valence electrons. The highest BCUT2D eigenvalue weighted by Crippen LogP contribution is 2.41. The lowest BCUT2D eigenvalue weighted by atomic mass is 9.69. The molecule has 0 unspecified atom stereocenters. The molecule has 0 radical (unpaired) electrons. The predicted octanol–water partition coefficient (Wildman–Crippen LogP) is 8.74. The van der Waals surface area contributed by atoms with Crippen LogP contribution in [0.5, 0.6) is 0 Å². The zero-order chi connectivity index (χ0) is 25.8. The summed E-state index contributed by atoms with van der Waals surface area (Å²) in [5.41, 5.74) is 9.60. The maximum absolute atomic E-state index is 10.9. The molecule has 2 heteroatoms. The van der Waals surface area contributed by atoms with Gasteiger partial charge in [0.2, 0.25) is 0 Å². The number of hydrogen-bond donors (Lipinski definition) is 1. The molecule has 3 aromatic rings. The minimum Gasteiger partial charge on any atom is -0.386 e. The van der Waals surface area contributed by atoms with Crippen LogP contribution in [0.15, 0.2) is 60.9 Å². The summed E-state index contributed by atoms with van der Waals surface area (Å²) in [6, 6.07) is 16.2. The van der Waals surface area contributed by atoms with E-state index in [9.17, 15) is 5.11 Å². The summed E-state index contributed by atoms with van der Waals surface area (Å²) in [4.78, 5) is 4.47. The van der Waals surface area contributed by atoms with E-state index in [0.717, 1.165) is 44.9 Å². The summed E-state index contributed by atoms with van der Waals surface area (Å²) in [6.45, 7) is 11.2. The normalized spacial score (nSPS) is 15.9. The van der Waals surface area contributed by atoms with Gasteiger partial charge in [0.15, 0.2) is 0 Å². The average Bonchev–Trinajstić information content (AvgIpc) is 2.90. The van der Waals surface area contributed by atoms with E-state index in [2.05, 4.69) is 88.1 Å². The van der Waals surface area contributed by atoms with Gasteiger partial charge in [0.1, 0.15) is 0 Å². The molecule has 1 saturated carbocycles. The lowest BCUT2D eigenvalue weighted by Gasteiger charge is -2.34. The molecule has 0 aliphatic heterocycles. The summed E-state index contributed by atoms with van der Waals surface area (Å²) in [5.74, 6) is 0. The molecule has 2 aromatic carbocycles. The average molecular weight is 482 g/mol. The van der Waals surface area contributed by atoms with Crippen LogP contribution in [0.2, 0.25) is 0 Å². The molecule has 0 amide bonds. The van der Waals surface area contributed by atoms with Crippen molar-refractivity contribution in [2.75, 3.05) is 0 Å². The lowest BCUT2D eigenvalue weighted by molar-refractivity contribution is 0.0521. The third kappa shape index (κ3) is 5.34. The fourth-order valence-electron chi connectivity index (χ4n) is 6.08. The number of nitrogens with zero attached hydrogens (tertiary/aromatic N) is 1. The fourth-order valence-corrected chi connectivity index (χ4v) is 6.08. The Morgan fingerprint density at radius 1 is 0.861 bits per heavy atom. The molecule has 2 nitrogen and oxygen atoms in total. The molecule has 1 aliphatic rings. The summed E-state index contributed by atoms with van der Waals surface area (Å²) >= 11 is 0. The number of hydrogen-bond acceptors (Lipinski definition) is 2. The van der Waals surface area contributed by atoms with Gasteiger partial charge in [0.05, 0.1) is 5.60 Å². The van der Waals surface area contributed by atoms with Gasteiger partial charge in [-0.3, -0.25) is 4.98 Å². The van der Waals surface area contributed by atoms with Gasteiger partial charge >= 0.3 is 0 Å². The number of rotatable bonds is 8. The standard InChI is InChI=1S/C34H43NO/c1-6-27-22-29(24-35-23-27)32-15-14-31(21-26(32)5)34(7-2,8-3)30-13-12-28(25(4)20-30)16-19-33(36)17-10-9-11-18-33/h12-16,19-24,36H,6-11,17-18H2,1-5H3/b19-16+. The summed E-state index contributed by atoms with van der Waals surface area (Å²) in [6.07, 6.45) is 16.4. The Morgan fingerprint density at radius 2 is 1.53 bits per heavy atom. The molecule has 1 aromatic heterocycles. The van der Waals surface area contributed by atoms with Crippen LogP contribution >= 0.6 is 0 Å². The van der Waals surface area contributed by atoms with Gasteiger partial charge in [0.25, 0.3) is 0 Å². The minimum atomic E-state index is -0.634. The van der Waals surface area contributed by atoms with Gasteiger partial charge in [-0.2, -0.15) is 0 Å². The number of benzene rings is 2. The maximum Gasteiger partial charge on any atom is 0.0830 e. The third-order valence-corrected chi connectivity index (χ3v) is 8.62. The van der Waals surface area contributed by atoms with Crippen LogP contribution in [0.25, 0.3) is 17.2 Å². The molecule has 4 rings (SSSR count). The van der Waals surface area contributed by atoms with Crippen molar-refractivity contribution in [3.63, 3.8) is 0 Å². The van der Waals surface area contributed by atoms with Gasteiger partial charge in [0, 0.05) is 23.4 Å². The first kappa shape index (κ1) is 26.4. The second kappa shape index (κ2) is 11.1. The third-order valence-electron chi connectivity index (χ3n) is 8.62. The molecule has 0 spiro atoms. The molecule has 0 saturated heterocycles. The second-order valence-electron chi connectivity index (χ2n) is 10.8. The van der Waals surface area contributed by atoms with Gasteiger partial charge in [-0.15, -0.1) is 0 Å². The topological polar surface area (TPSA) is 33.1 Å². The van der Waals surface area contributed by atoms with E-state index in [4.69, 9.17) is 0 Å². The molecule has 1 aliphatic carbocycles. The molecule has 36 heavy (non-hydrogen) atoms. The van der Waals surface area contributed by atoms with E-state index in [1.807, 2.05) is 18.5 Å². The predicted molar refractivity (Wildman–Crippen MR) is 153 cm³/mol. The van der Waals surface area contributed by atoms with Crippen LogP contribution in [0.4, 0.5) is 0 Å². The number of aryl methyl sites for hydroxylation is 3. The Labute approximate surface area is 218 Å². The lowest BCUT2D eigenvalue weighted by Crippen LogP contribution is -2.28. The molecule has 0 bridgehead atoms. The van der Waals surface area contributed by atoms with Crippen molar-refractivity contribution in [1.29, 1.82) is 0 Å². The molecular weight excluding hydrogens is 438 g/mol. The van der Waals surface area contributed by atoms with Gasteiger partial charge < -0.3 is 5.11 Å². The summed E-state index contributed by atoms with van der Waals surface area (Å²) in [5, 5.41) is 10.9. The Bertz CT molecular complexity index is 1210. The highest BCUT2D eigenvalue weighted by atomic mass is 16.3. The van der Waals surface area contributed by atoms with Crippen molar-refractivity contribution in [3.8, 4) is 11.1 Å². The van der Waals surface area contributed by atoms with Gasteiger partial charge in [-0.05, 0) is 91.0 Å². The Kier molecular flexibility index (Phi) is 8.15. The molecular formula is C34H43NO. The van der Waals surface area contributed by atoms with Crippen LogP contribution in [-0.4, -0.2) is 15.7 Å². The molecule has 0 atom stereocenters. The number of pyridine rings is 1. The van der Waals surface area contributed by atoms with Crippen LogP contribution in [-0.2, 0) is 11.8 Å². The first-order valence-corrected chi connectivity index (χ1v) is 13.9. The minimum absolute atomic E-state index is 0.0264. The van der Waals surface area contributed by atoms with E-state index < -0.39 is 5.60 Å². The quantitative estimate of drug-likeness (QED) is 0.349. The second-order valence-corrected chi connectivity index (χ2v) is 10.8. The van der Waals surface area contributed by atoms with Crippen LogP contribution in [0.1, 0.15) is 99.1 Å². The van der Waals surface area contributed by atoms with Crippen LogP contribution in [0.3, 0.4) is 0 Å². The number of aliphatic hydroxyl groups is 1. The van der Waals surface area contributed by atoms with Crippen molar-refractivity contribution >= 4 is 6.08 Å². The highest BCUT2D eigenvalue weighted by molar-refractivity contribution is 5.68. The van der Waals surface area contributed by atoms with Crippen molar-refractivity contribution < 1.29 is 5.11 Å². The Morgan fingerprint density at radius 3 is 2.14 bits per heavy atom. The maximum atomic E-state index is 10.9. The van der Waals surface area contributed by atoms with Gasteiger partial charge in [-0.1, -0.05) is 88.6 Å². The monoisotopic (exact) mass is 481 g/mol. The zero-order valence-corrected chi connectivity index (χ0v) is 22.9. The Balaban J connectivity index is 1.66. The SMILES string of the molecule is CCc1cncc(-c2ccc(C(CC)(CC)c3ccc(/C=C/C4(O)CCCCC4)c(C)c3)cc2C)c1. The zero-order valence-electron chi connectivity index (χ0n) is 22.9. The van der Waals surface area contributed by atoms with E-state index in [-0.39, 0.29) is 5.41 Å². The largest absolute Gasteiger partial charge is 0.386 e. The first-order chi connectivity index (χ1) is 17.3. The fraction of sp³-hybridized carbons (Fsp3) is 0.441. The smallest absolute Gasteiger partial charge is 0.0830 e. The van der Waals surface area contributed by atoms with E-state index in [1.165, 1.54) is 50.9 Å². The van der Waals surface area contributed by atoms with E-state index in [0.29, 0.717) is 0 Å². The first-order valence-electron chi connectivity index (χ1n) is 13.9. The van der Waals surface area contributed by atoms with E-state index >= 15 is 0 Å². The highest BCUT2D eigenvalue weighted by Gasteiger charge is 2.31. The van der Waals surface area contributed by atoms with Crippen molar-refractivity contribution in [2.24, 2.45) is 0 Å².